The number of hydrogen-bond acceptors (Lipinski definition) is 8. The Morgan fingerprint density at radius 3 is 2.70 bits per heavy atom. The van der Waals surface area contributed by atoms with Crippen LogP contribution < -0.4 is 22.1 Å². The number of anilines is 4. The van der Waals surface area contributed by atoms with Crippen LogP contribution in [0, 0.1) is 5.82 Å². The standard InChI is InChI=1S/C19H18FN9O/c1-23-18-15(10-6-24-7-13-14(10)25-8-29(13)2)27-16(17(22)30)19(28-18)26-12-4-3-9(21)5-11(12)20/h3-8H,21H2,1-2H3,(H2,22,30)(H2,23,26,28). The first-order chi connectivity index (χ1) is 14.4. The predicted molar refractivity (Wildman–Crippen MR) is 112 cm³/mol. The van der Waals surface area contributed by atoms with Crippen LogP contribution in [0.3, 0.4) is 0 Å². The fourth-order valence-corrected chi connectivity index (χ4v) is 3.03. The molecule has 0 bridgehead atoms. The third-order valence-electron chi connectivity index (χ3n) is 4.51. The van der Waals surface area contributed by atoms with Gasteiger partial charge < -0.3 is 26.7 Å². The Labute approximate surface area is 170 Å². The van der Waals surface area contributed by atoms with Crippen molar-refractivity contribution < 1.29 is 9.18 Å². The molecule has 0 aliphatic rings. The molecule has 0 aliphatic heterocycles. The molecule has 0 aliphatic carbocycles. The maximum Gasteiger partial charge on any atom is 0.271 e. The van der Waals surface area contributed by atoms with Crippen molar-refractivity contribution in [2.75, 3.05) is 23.4 Å². The average Bonchev–Trinajstić information content (AvgIpc) is 3.10. The highest BCUT2D eigenvalue weighted by atomic mass is 19.1. The highest BCUT2D eigenvalue weighted by molar-refractivity contribution is 5.99. The van der Waals surface area contributed by atoms with Gasteiger partial charge in [0.1, 0.15) is 17.0 Å². The van der Waals surface area contributed by atoms with Crippen LogP contribution in [0.5, 0.6) is 0 Å². The fourth-order valence-electron chi connectivity index (χ4n) is 3.03. The highest BCUT2D eigenvalue weighted by Crippen LogP contribution is 2.32. The molecule has 3 aromatic heterocycles. The quantitative estimate of drug-likeness (QED) is 0.367. The molecule has 6 N–H and O–H groups in total. The molecule has 152 valence electrons. The molecule has 0 fully saturated rings. The molecular weight excluding hydrogens is 389 g/mol. The van der Waals surface area contributed by atoms with Crippen molar-refractivity contribution >= 4 is 40.0 Å². The molecule has 0 radical (unpaired) electrons. The van der Waals surface area contributed by atoms with Crippen LogP contribution in [-0.2, 0) is 7.05 Å². The van der Waals surface area contributed by atoms with Crippen LogP contribution in [0.4, 0.5) is 27.4 Å². The van der Waals surface area contributed by atoms with Gasteiger partial charge in [-0.2, -0.15) is 0 Å². The van der Waals surface area contributed by atoms with Crippen LogP contribution in [0.15, 0.2) is 36.9 Å². The summed E-state index contributed by atoms with van der Waals surface area (Å²) in [5.41, 5.74) is 13.6. The Kier molecular flexibility index (Phi) is 4.62. The van der Waals surface area contributed by atoms with Crippen molar-refractivity contribution in [3.8, 4) is 11.3 Å². The second kappa shape index (κ2) is 7.28. The first-order valence-corrected chi connectivity index (χ1v) is 8.86. The van der Waals surface area contributed by atoms with Gasteiger partial charge in [0.25, 0.3) is 5.91 Å². The molecule has 1 amide bonds. The molecule has 0 spiro atoms. The van der Waals surface area contributed by atoms with E-state index in [0.717, 1.165) is 11.6 Å². The number of pyridine rings is 1. The molecule has 0 saturated carbocycles. The lowest BCUT2D eigenvalue weighted by Gasteiger charge is -2.15. The number of hydrogen-bond donors (Lipinski definition) is 4. The summed E-state index contributed by atoms with van der Waals surface area (Å²) in [7, 11) is 3.49. The number of nitrogen functional groups attached to an aromatic ring is 1. The summed E-state index contributed by atoms with van der Waals surface area (Å²) < 4.78 is 16.0. The number of carbonyl (C=O) groups is 1. The predicted octanol–water partition coefficient (Wildman–Crippen LogP) is 2.03. The number of imidazole rings is 1. The van der Waals surface area contributed by atoms with E-state index in [1.807, 2.05) is 11.6 Å². The SMILES string of the molecule is CNc1nc(Nc2ccc(N)cc2F)c(C(N)=O)nc1-c1cncc2c1ncn2C. The molecule has 30 heavy (non-hydrogen) atoms. The van der Waals surface area contributed by atoms with E-state index < -0.39 is 11.7 Å². The maximum atomic E-state index is 14.2. The number of primary amides is 1. The zero-order valence-electron chi connectivity index (χ0n) is 16.1. The number of nitrogens with two attached hydrogens (primary N) is 2. The average molecular weight is 407 g/mol. The molecule has 11 heteroatoms. The molecule has 4 aromatic rings. The minimum absolute atomic E-state index is 0.000395. The summed E-state index contributed by atoms with van der Waals surface area (Å²) in [5.74, 6) is -1.10. The van der Waals surface area contributed by atoms with Crippen molar-refractivity contribution in [2.24, 2.45) is 12.8 Å². The van der Waals surface area contributed by atoms with Gasteiger partial charge in [-0.05, 0) is 18.2 Å². The summed E-state index contributed by atoms with van der Waals surface area (Å²) in [6.07, 6.45) is 4.90. The van der Waals surface area contributed by atoms with E-state index in [1.165, 1.54) is 12.1 Å². The van der Waals surface area contributed by atoms with Gasteiger partial charge in [-0.3, -0.25) is 9.78 Å². The van der Waals surface area contributed by atoms with Crippen LogP contribution in [-0.4, -0.2) is 37.5 Å². The van der Waals surface area contributed by atoms with Crippen molar-refractivity contribution in [3.05, 3.63) is 48.4 Å². The zero-order chi connectivity index (χ0) is 21.4. The van der Waals surface area contributed by atoms with Crippen molar-refractivity contribution in [2.45, 2.75) is 0 Å². The van der Waals surface area contributed by atoms with Gasteiger partial charge in [0.05, 0.1) is 29.3 Å². The van der Waals surface area contributed by atoms with E-state index in [-0.39, 0.29) is 22.9 Å². The minimum Gasteiger partial charge on any atom is -0.399 e. The second-order valence-corrected chi connectivity index (χ2v) is 6.51. The molecule has 0 unspecified atom stereocenters. The van der Waals surface area contributed by atoms with E-state index in [1.54, 1.807) is 25.8 Å². The van der Waals surface area contributed by atoms with Gasteiger partial charge in [0, 0.05) is 26.0 Å². The van der Waals surface area contributed by atoms with Gasteiger partial charge in [-0.25, -0.2) is 19.3 Å². The number of nitrogens with zero attached hydrogens (tertiary/aromatic N) is 5. The van der Waals surface area contributed by atoms with E-state index in [9.17, 15) is 9.18 Å². The normalized spacial score (nSPS) is 10.9. The topological polar surface area (TPSA) is 150 Å². The number of carbonyl (C=O) groups excluding carboxylic acids is 1. The van der Waals surface area contributed by atoms with Gasteiger partial charge in [0.2, 0.25) is 0 Å². The summed E-state index contributed by atoms with van der Waals surface area (Å²) in [4.78, 5) is 29.6. The van der Waals surface area contributed by atoms with Crippen LogP contribution in [0.25, 0.3) is 22.3 Å². The first kappa shape index (κ1) is 19.1. The highest BCUT2D eigenvalue weighted by Gasteiger charge is 2.21. The number of nitrogens with one attached hydrogen (secondary N) is 2. The number of benzene rings is 1. The molecule has 3 heterocycles. The van der Waals surface area contributed by atoms with Crippen molar-refractivity contribution in [1.82, 2.24) is 24.5 Å². The number of rotatable bonds is 5. The largest absolute Gasteiger partial charge is 0.399 e. The van der Waals surface area contributed by atoms with E-state index in [2.05, 4.69) is 30.6 Å². The number of halogens is 1. The monoisotopic (exact) mass is 407 g/mol. The first-order valence-electron chi connectivity index (χ1n) is 8.86. The van der Waals surface area contributed by atoms with Crippen molar-refractivity contribution in [3.63, 3.8) is 0 Å². The number of fused-ring (bicyclic) bond motifs is 1. The Hall–Kier alpha value is -4.28. The molecular formula is C19H18FN9O. The number of amides is 1. The third-order valence-corrected chi connectivity index (χ3v) is 4.51. The second-order valence-electron chi connectivity index (χ2n) is 6.51. The fraction of sp³-hybridized carbons (Fsp3) is 0.105. The van der Waals surface area contributed by atoms with Gasteiger partial charge in [0.15, 0.2) is 17.3 Å². The molecule has 1 aromatic carbocycles. The smallest absolute Gasteiger partial charge is 0.271 e. The van der Waals surface area contributed by atoms with E-state index in [4.69, 9.17) is 11.5 Å². The maximum absolute atomic E-state index is 14.2. The Morgan fingerprint density at radius 2 is 2.00 bits per heavy atom. The summed E-state index contributed by atoms with van der Waals surface area (Å²) in [6, 6.07) is 4.10. The van der Waals surface area contributed by atoms with E-state index >= 15 is 0 Å². The third kappa shape index (κ3) is 3.21. The molecule has 0 atom stereocenters. The van der Waals surface area contributed by atoms with Gasteiger partial charge >= 0.3 is 0 Å². The lowest BCUT2D eigenvalue weighted by molar-refractivity contribution is 0.0996. The Morgan fingerprint density at radius 1 is 1.20 bits per heavy atom. The number of aromatic nitrogens is 5. The Balaban J connectivity index is 1.89. The lowest BCUT2D eigenvalue weighted by Crippen LogP contribution is -2.18. The van der Waals surface area contributed by atoms with Crippen molar-refractivity contribution in [1.29, 1.82) is 0 Å². The van der Waals surface area contributed by atoms with Gasteiger partial charge in [-0.15, -0.1) is 0 Å². The summed E-state index contributed by atoms with van der Waals surface area (Å²) >= 11 is 0. The van der Waals surface area contributed by atoms with Gasteiger partial charge in [-0.1, -0.05) is 0 Å². The summed E-state index contributed by atoms with van der Waals surface area (Å²) in [5, 5.41) is 5.70. The number of aryl methyl sites for hydroxylation is 1. The zero-order valence-corrected chi connectivity index (χ0v) is 16.1. The minimum atomic E-state index is -0.828. The van der Waals surface area contributed by atoms with E-state index in [0.29, 0.717) is 22.6 Å². The van der Waals surface area contributed by atoms with Crippen LogP contribution >= 0.6 is 0 Å². The Bertz CT molecular complexity index is 1280. The van der Waals surface area contributed by atoms with Crippen LogP contribution in [0.2, 0.25) is 0 Å². The molecule has 4 rings (SSSR count). The molecule has 10 nitrogen and oxygen atoms in total. The van der Waals surface area contributed by atoms with Crippen LogP contribution in [0.1, 0.15) is 10.5 Å². The molecule has 0 saturated heterocycles. The summed E-state index contributed by atoms with van der Waals surface area (Å²) in [6.45, 7) is 0. The lowest BCUT2D eigenvalue weighted by atomic mass is 10.1.